The Morgan fingerprint density at radius 1 is 0.966 bits per heavy atom. The summed E-state index contributed by atoms with van der Waals surface area (Å²) in [7, 11) is 0. The average Bonchev–Trinajstić information content (AvgIpc) is 3.00. The number of hydrogen-bond donors (Lipinski definition) is 2. The number of aromatic nitrogens is 1. The predicted molar refractivity (Wildman–Crippen MR) is 108 cm³/mol. The van der Waals surface area contributed by atoms with Gasteiger partial charge in [-0.3, -0.25) is 19.5 Å². The Labute approximate surface area is 167 Å². The average molecular weight is 386 g/mol. The van der Waals surface area contributed by atoms with Crippen molar-refractivity contribution in [1.29, 1.82) is 0 Å². The van der Waals surface area contributed by atoms with Crippen LogP contribution in [0.25, 0.3) is 5.76 Å². The molecule has 0 saturated carbocycles. The second kappa shape index (κ2) is 7.24. The molecule has 2 heterocycles. The van der Waals surface area contributed by atoms with Gasteiger partial charge in [-0.1, -0.05) is 48.0 Å². The number of rotatable bonds is 3. The Hall–Kier alpha value is -3.93. The zero-order chi connectivity index (χ0) is 20.5. The number of para-hydroxylation sites is 2. The van der Waals surface area contributed by atoms with Gasteiger partial charge in [-0.15, -0.1) is 0 Å². The first-order valence-electron chi connectivity index (χ1n) is 9.06. The molecule has 1 atom stereocenters. The van der Waals surface area contributed by atoms with Crippen LogP contribution in [-0.2, 0) is 9.59 Å². The van der Waals surface area contributed by atoms with Crippen molar-refractivity contribution in [3.63, 3.8) is 0 Å². The summed E-state index contributed by atoms with van der Waals surface area (Å²) in [5, 5.41) is 21.3. The van der Waals surface area contributed by atoms with Gasteiger partial charge in [0.15, 0.2) is 0 Å². The highest BCUT2D eigenvalue weighted by molar-refractivity contribution is 6.51. The minimum atomic E-state index is -0.967. The van der Waals surface area contributed by atoms with Gasteiger partial charge >= 0.3 is 0 Å². The molecule has 0 aliphatic carbocycles. The predicted octanol–water partition coefficient (Wildman–Crippen LogP) is 3.72. The fourth-order valence-electron chi connectivity index (χ4n) is 3.43. The summed E-state index contributed by atoms with van der Waals surface area (Å²) in [4.78, 5) is 31.4. The third-order valence-electron chi connectivity index (χ3n) is 4.88. The summed E-state index contributed by atoms with van der Waals surface area (Å²) in [5.74, 6) is -2.10. The molecule has 0 radical (unpaired) electrons. The highest BCUT2D eigenvalue weighted by Gasteiger charge is 2.48. The Balaban J connectivity index is 1.96. The molecule has 0 spiro atoms. The van der Waals surface area contributed by atoms with Gasteiger partial charge in [0.05, 0.1) is 17.0 Å². The fraction of sp³-hybridized carbons (Fsp3) is 0.0870. The molecule has 3 aromatic rings. The minimum absolute atomic E-state index is 0.0687. The van der Waals surface area contributed by atoms with Crippen LogP contribution in [0.3, 0.4) is 0 Å². The van der Waals surface area contributed by atoms with Crippen molar-refractivity contribution in [3.05, 3.63) is 95.3 Å². The quantitative estimate of drug-likeness (QED) is 0.407. The molecule has 2 aromatic carbocycles. The first kappa shape index (κ1) is 18.4. The lowest BCUT2D eigenvalue weighted by Crippen LogP contribution is -2.29. The first-order chi connectivity index (χ1) is 14.0. The molecule has 0 bridgehead atoms. The molecule has 1 fully saturated rings. The number of phenols is 1. The number of amides is 1. The molecule has 1 saturated heterocycles. The van der Waals surface area contributed by atoms with E-state index in [1.165, 1.54) is 11.0 Å². The smallest absolute Gasteiger partial charge is 0.300 e. The van der Waals surface area contributed by atoms with Gasteiger partial charge in [0.2, 0.25) is 0 Å². The monoisotopic (exact) mass is 386 g/mol. The van der Waals surface area contributed by atoms with E-state index >= 15 is 0 Å². The Morgan fingerprint density at radius 2 is 1.66 bits per heavy atom. The summed E-state index contributed by atoms with van der Waals surface area (Å²) in [6.07, 6.45) is 1.55. The molecule has 6 nitrogen and oxygen atoms in total. The van der Waals surface area contributed by atoms with E-state index in [2.05, 4.69) is 4.98 Å². The van der Waals surface area contributed by atoms with Gasteiger partial charge in [0.1, 0.15) is 17.6 Å². The lowest BCUT2D eigenvalue weighted by molar-refractivity contribution is -0.132. The summed E-state index contributed by atoms with van der Waals surface area (Å²) < 4.78 is 0. The summed E-state index contributed by atoms with van der Waals surface area (Å²) in [6.45, 7) is 1.91. The summed E-state index contributed by atoms with van der Waals surface area (Å²) in [6, 6.07) is 17.4. The molecule has 1 amide bonds. The van der Waals surface area contributed by atoms with Crippen LogP contribution in [0.2, 0.25) is 0 Å². The maximum atomic E-state index is 12.9. The van der Waals surface area contributed by atoms with E-state index in [-0.39, 0.29) is 22.8 Å². The Kier molecular flexibility index (Phi) is 4.60. The van der Waals surface area contributed by atoms with E-state index in [0.717, 1.165) is 5.56 Å². The standard InChI is InChI=1S/C23H18N2O4/c1-14-9-11-15(12-10-14)21(27)19-20(16-6-4-5-13-24-16)25(23(29)22(19)28)17-7-2-3-8-18(17)26/h2-13,20,26-27H,1H3/b21-19-. The van der Waals surface area contributed by atoms with Crippen molar-refractivity contribution in [3.8, 4) is 5.75 Å². The van der Waals surface area contributed by atoms with Crippen LogP contribution in [0.15, 0.2) is 78.5 Å². The molecule has 29 heavy (non-hydrogen) atoms. The fourth-order valence-corrected chi connectivity index (χ4v) is 3.43. The number of aryl methyl sites for hydroxylation is 1. The molecule has 1 aliphatic rings. The van der Waals surface area contributed by atoms with E-state index in [1.54, 1.807) is 54.7 Å². The Bertz CT molecular complexity index is 1120. The normalized spacial score (nSPS) is 18.2. The SMILES string of the molecule is Cc1ccc(/C(O)=C2/C(=O)C(=O)N(c3ccccc3O)C2c2ccccn2)cc1. The van der Waals surface area contributed by atoms with Gasteiger partial charge in [-0.25, -0.2) is 0 Å². The van der Waals surface area contributed by atoms with Crippen molar-refractivity contribution < 1.29 is 19.8 Å². The van der Waals surface area contributed by atoms with Crippen LogP contribution in [-0.4, -0.2) is 26.9 Å². The van der Waals surface area contributed by atoms with Gasteiger partial charge in [0, 0.05) is 11.8 Å². The molecule has 1 unspecified atom stereocenters. The van der Waals surface area contributed by atoms with Crippen LogP contribution >= 0.6 is 0 Å². The van der Waals surface area contributed by atoms with Crippen LogP contribution in [0, 0.1) is 6.92 Å². The number of benzene rings is 2. The number of aromatic hydroxyl groups is 1. The van der Waals surface area contributed by atoms with Gasteiger partial charge in [0.25, 0.3) is 11.7 Å². The number of nitrogens with zero attached hydrogens (tertiary/aromatic N) is 2. The maximum Gasteiger partial charge on any atom is 0.300 e. The molecule has 1 aliphatic heterocycles. The van der Waals surface area contributed by atoms with E-state index in [9.17, 15) is 19.8 Å². The van der Waals surface area contributed by atoms with Gasteiger partial charge in [-0.05, 0) is 31.2 Å². The van der Waals surface area contributed by atoms with Crippen molar-refractivity contribution >= 4 is 23.1 Å². The van der Waals surface area contributed by atoms with Crippen LogP contribution in [0.1, 0.15) is 22.9 Å². The van der Waals surface area contributed by atoms with Crippen molar-refractivity contribution in [2.45, 2.75) is 13.0 Å². The lowest BCUT2D eigenvalue weighted by Gasteiger charge is -2.25. The van der Waals surface area contributed by atoms with Crippen LogP contribution in [0.5, 0.6) is 5.75 Å². The van der Waals surface area contributed by atoms with E-state index in [4.69, 9.17) is 0 Å². The van der Waals surface area contributed by atoms with Crippen LogP contribution in [0.4, 0.5) is 5.69 Å². The maximum absolute atomic E-state index is 12.9. The second-order valence-corrected chi connectivity index (χ2v) is 6.78. The van der Waals surface area contributed by atoms with Gasteiger partial charge in [-0.2, -0.15) is 0 Å². The van der Waals surface area contributed by atoms with Gasteiger partial charge < -0.3 is 10.2 Å². The number of Topliss-reactive ketones (excluding diaryl/α,β-unsaturated/α-hetero) is 1. The number of carbonyl (C=O) groups excluding carboxylic acids is 2. The van der Waals surface area contributed by atoms with Crippen molar-refractivity contribution in [1.82, 2.24) is 4.98 Å². The largest absolute Gasteiger partial charge is 0.507 e. The molecule has 4 rings (SSSR count). The second-order valence-electron chi connectivity index (χ2n) is 6.78. The number of carbonyl (C=O) groups is 2. The molecular weight excluding hydrogens is 368 g/mol. The zero-order valence-corrected chi connectivity index (χ0v) is 15.6. The minimum Gasteiger partial charge on any atom is -0.507 e. The number of pyridine rings is 1. The number of phenolic OH excluding ortho intramolecular Hbond substituents is 1. The van der Waals surface area contributed by atoms with E-state index in [0.29, 0.717) is 11.3 Å². The number of anilines is 1. The molecule has 1 aromatic heterocycles. The number of aliphatic hydroxyl groups excluding tert-OH is 1. The third kappa shape index (κ3) is 3.14. The number of ketones is 1. The van der Waals surface area contributed by atoms with Crippen LogP contribution < -0.4 is 4.90 Å². The Morgan fingerprint density at radius 3 is 2.31 bits per heavy atom. The number of hydrogen-bond acceptors (Lipinski definition) is 5. The highest BCUT2D eigenvalue weighted by atomic mass is 16.3. The summed E-state index contributed by atoms with van der Waals surface area (Å²) in [5.41, 5.74) is 1.93. The third-order valence-corrected chi connectivity index (χ3v) is 4.88. The summed E-state index contributed by atoms with van der Waals surface area (Å²) >= 11 is 0. The van der Waals surface area contributed by atoms with E-state index < -0.39 is 17.7 Å². The number of aliphatic hydroxyl groups is 1. The first-order valence-corrected chi connectivity index (χ1v) is 9.06. The molecular formula is C23H18N2O4. The lowest BCUT2D eigenvalue weighted by atomic mass is 9.97. The zero-order valence-electron chi connectivity index (χ0n) is 15.6. The molecule has 2 N–H and O–H groups in total. The molecule has 6 heteroatoms. The molecule has 144 valence electrons. The van der Waals surface area contributed by atoms with Crippen molar-refractivity contribution in [2.24, 2.45) is 0 Å². The highest BCUT2D eigenvalue weighted by Crippen LogP contribution is 2.43. The topological polar surface area (TPSA) is 90.7 Å². The van der Waals surface area contributed by atoms with Crippen molar-refractivity contribution in [2.75, 3.05) is 4.90 Å². The van der Waals surface area contributed by atoms with E-state index in [1.807, 2.05) is 19.1 Å².